The standard InChI is InChI=1S/C73H59F6N3/c1-44-14-26-54(27-15-44)81-63-34-18-46(3)38-59(63)57-32-22-52(42-67(57)81)69(5,6)50-24-36-65-61(40-50)62-41-51(70(7,8)53-23-33-58-60-39-47(4)19-35-64(60)82(68(58)43-53)55-28-16-45(2)17-29-55)25-37-66(62)80(65)56-30-20-49(21-31-56)71(72(74,75)76,73(77,78)79)48-12-10-9-11-13-48/h9-43H,1-8H3. The van der Waals surface area contributed by atoms with Crippen molar-refractivity contribution < 1.29 is 26.3 Å². The molecule has 0 aliphatic heterocycles. The normalized spacial score (nSPS) is 13.0. The molecule has 0 unspecified atom stereocenters. The third-order valence-corrected chi connectivity index (χ3v) is 17.7. The van der Waals surface area contributed by atoms with Crippen LogP contribution in [0.25, 0.3) is 82.5 Å². The molecule has 13 rings (SSSR count). The summed E-state index contributed by atoms with van der Waals surface area (Å²) in [5.74, 6) is 0. The van der Waals surface area contributed by atoms with Crippen LogP contribution < -0.4 is 0 Å². The summed E-state index contributed by atoms with van der Waals surface area (Å²) < 4.78 is 98.5. The average Bonchev–Trinajstić information content (AvgIpc) is 4.07. The maximum atomic E-state index is 15.3. The van der Waals surface area contributed by atoms with Gasteiger partial charge in [-0.05, 0) is 158 Å². The Morgan fingerprint density at radius 3 is 0.939 bits per heavy atom. The fourth-order valence-electron chi connectivity index (χ4n) is 12.9. The van der Waals surface area contributed by atoms with E-state index in [2.05, 4.69) is 210 Å². The maximum absolute atomic E-state index is 15.3. The van der Waals surface area contributed by atoms with Crippen molar-refractivity contribution in [1.29, 1.82) is 0 Å². The highest BCUT2D eigenvalue weighted by atomic mass is 19.4. The van der Waals surface area contributed by atoms with Gasteiger partial charge < -0.3 is 13.7 Å². The Kier molecular flexibility index (Phi) is 11.9. The van der Waals surface area contributed by atoms with E-state index < -0.39 is 39.7 Å². The Morgan fingerprint density at radius 2 is 0.549 bits per heavy atom. The van der Waals surface area contributed by atoms with Crippen molar-refractivity contribution in [3.8, 4) is 17.1 Å². The number of hydrogen-bond acceptors (Lipinski definition) is 0. The SMILES string of the molecule is Cc1ccc(-n2c3ccc(C)cc3c3ccc(C(C)(C)c4ccc5c(c4)c4cc(C(C)(C)c6ccc7c8cc(C)ccc8n(-c8ccc(C)cc8)c7c6)ccc4n5-c4ccc(C(c5ccccc5)(C(F)(F)F)C(F)(F)F)cc4)cc32)cc1. The van der Waals surface area contributed by atoms with E-state index in [1.165, 1.54) is 63.4 Å². The second kappa shape index (κ2) is 18.6. The van der Waals surface area contributed by atoms with Crippen molar-refractivity contribution >= 4 is 65.4 Å². The van der Waals surface area contributed by atoms with Crippen LogP contribution >= 0.6 is 0 Å². The summed E-state index contributed by atoms with van der Waals surface area (Å²) in [6.07, 6.45) is -11.4. The monoisotopic (exact) mass is 1090 g/mol. The summed E-state index contributed by atoms with van der Waals surface area (Å²) in [5, 5.41) is 6.43. The molecule has 0 radical (unpaired) electrons. The third-order valence-electron chi connectivity index (χ3n) is 17.7. The van der Waals surface area contributed by atoms with E-state index in [9.17, 15) is 0 Å². The van der Waals surface area contributed by atoms with Crippen LogP contribution in [0.3, 0.4) is 0 Å². The number of halogens is 6. The van der Waals surface area contributed by atoms with Crippen molar-refractivity contribution in [2.45, 2.75) is 84.0 Å². The van der Waals surface area contributed by atoms with Crippen LogP contribution in [-0.4, -0.2) is 26.1 Å². The number of fused-ring (bicyclic) bond motifs is 9. The molecule has 0 saturated carbocycles. The molecule has 408 valence electrons. The van der Waals surface area contributed by atoms with Crippen LogP contribution in [0.2, 0.25) is 0 Å². The van der Waals surface area contributed by atoms with Crippen LogP contribution in [0.15, 0.2) is 212 Å². The van der Waals surface area contributed by atoms with E-state index in [4.69, 9.17) is 0 Å². The molecule has 3 heterocycles. The van der Waals surface area contributed by atoms with Gasteiger partial charge in [-0.15, -0.1) is 0 Å². The lowest BCUT2D eigenvalue weighted by atomic mass is 9.73. The predicted molar refractivity (Wildman–Crippen MR) is 325 cm³/mol. The van der Waals surface area contributed by atoms with Gasteiger partial charge in [0.25, 0.3) is 0 Å². The largest absolute Gasteiger partial charge is 0.411 e. The Balaban J connectivity index is 1.00. The van der Waals surface area contributed by atoms with Gasteiger partial charge in [0.05, 0.1) is 33.1 Å². The molecule has 0 fully saturated rings. The summed E-state index contributed by atoms with van der Waals surface area (Å²) >= 11 is 0. The number of rotatable bonds is 9. The molecular weight excluding hydrogens is 1030 g/mol. The van der Waals surface area contributed by atoms with Crippen molar-refractivity contribution in [3.05, 3.63) is 268 Å². The molecule has 0 bridgehead atoms. The van der Waals surface area contributed by atoms with Gasteiger partial charge in [0.15, 0.2) is 0 Å². The average molecular weight is 1090 g/mol. The second-order valence-corrected chi connectivity index (χ2v) is 23.6. The van der Waals surface area contributed by atoms with Crippen LogP contribution in [0.1, 0.15) is 83.3 Å². The Hall–Kier alpha value is -8.82. The molecular formula is C73H59F6N3. The number of alkyl halides is 6. The van der Waals surface area contributed by atoms with Gasteiger partial charge in [-0.25, -0.2) is 0 Å². The fraction of sp³-hybridized carbons (Fsp3) is 0.178. The minimum Gasteiger partial charge on any atom is -0.309 e. The molecule has 82 heavy (non-hydrogen) atoms. The number of aryl methyl sites for hydroxylation is 4. The van der Waals surface area contributed by atoms with E-state index in [0.717, 1.165) is 113 Å². The van der Waals surface area contributed by atoms with E-state index in [1.54, 1.807) is 0 Å². The van der Waals surface area contributed by atoms with Crippen LogP contribution in [0.5, 0.6) is 0 Å². The lowest BCUT2D eigenvalue weighted by molar-refractivity contribution is -0.288. The number of hydrogen-bond donors (Lipinski definition) is 0. The van der Waals surface area contributed by atoms with E-state index in [0.29, 0.717) is 5.69 Å². The molecule has 0 aliphatic rings. The van der Waals surface area contributed by atoms with Crippen LogP contribution in [-0.2, 0) is 16.2 Å². The zero-order chi connectivity index (χ0) is 57.4. The molecule has 0 aliphatic carbocycles. The molecule has 0 atom stereocenters. The molecule has 0 saturated heterocycles. The lowest BCUT2D eigenvalue weighted by Gasteiger charge is -2.38. The molecule has 0 spiro atoms. The summed E-state index contributed by atoms with van der Waals surface area (Å²) in [6, 6.07) is 66.9. The predicted octanol–water partition coefficient (Wildman–Crippen LogP) is 20.3. The highest BCUT2D eigenvalue weighted by Gasteiger charge is 2.72. The first-order valence-electron chi connectivity index (χ1n) is 27.7. The van der Waals surface area contributed by atoms with Gasteiger partial charge in [0.2, 0.25) is 5.41 Å². The van der Waals surface area contributed by atoms with Gasteiger partial charge in [0, 0.05) is 60.2 Å². The molecule has 0 amide bonds. The highest BCUT2D eigenvalue weighted by molar-refractivity contribution is 6.12. The molecule has 10 aromatic carbocycles. The van der Waals surface area contributed by atoms with Gasteiger partial charge in [-0.3, -0.25) is 0 Å². The molecule has 0 N–H and O–H groups in total. The summed E-state index contributed by atoms with van der Waals surface area (Å²) in [7, 11) is 0. The van der Waals surface area contributed by atoms with E-state index in [-0.39, 0.29) is 0 Å². The molecule has 13 aromatic rings. The summed E-state index contributed by atoms with van der Waals surface area (Å²) in [4.78, 5) is 0. The summed E-state index contributed by atoms with van der Waals surface area (Å²) in [5.41, 5.74) is 10.2. The van der Waals surface area contributed by atoms with Crippen molar-refractivity contribution in [1.82, 2.24) is 13.7 Å². The van der Waals surface area contributed by atoms with Crippen molar-refractivity contribution in [3.63, 3.8) is 0 Å². The third kappa shape index (κ3) is 8.01. The first-order valence-corrected chi connectivity index (χ1v) is 27.7. The zero-order valence-electron chi connectivity index (χ0n) is 46.8. The second-order valence-electron chi connectivity index (χ2n) is 23.6. The Labute approximate surface area is 472 Å². The molecule has 3 nitrogen and oxygen atoms in total. The molecule has 3 aromatic heterocycles. The quantitative estimate of drug-likeness (QED) is 0.128. The van der Waals surface area contributed by atoms with Crippen LogP contribution in [0, 0.1) is 27.7 Å². The van der Waals surface area contributed by atoms with Gasteiger partial charge in [-0.2, -0.15) is 26.3 Å². The minimum absolute atomic E-state index is 0.420. The first-order chi connectivity index (χ1) is 39.1. The maximum Gasteiger partial charge on any atom is 0.411 e. The minimum atomic E-state index is -5.71. The Morgan fingerprint density at radius 1 is 0.256 bits per heavy atom. The lowest BCUT2D eigenvalue weighted by Crippen LogP contribution is -2.54. The number of nitrogens with zero attached hydrogens (tertiary/aromatic N) is 3. The fourth-order valence-corrected chi connectivity index (χ4v) is 12.9. The van der Waals surface area contributed by atoms with Crippen LogP contribution in [0.4, 0.5) is 26.3 Å². The zero-order valence-corrected chi connectivity index (χ0v) is 46.8. The smallest absolute Gasteiger partial charge is 0.309 e. The van der Waals surface area contributed by atoms with Gasteiger partial charge in [0.1, 0.15) is 0 Å². The number of benzene rings is 10. The molecule has 9 heteroatoms. The van der Waals surface area contributed by atoms with Gasteiger partial charge in [-0.1, -0.05) is 165 Å². The first kappa shape index (κ1) is 52.5. The van der Waals surface area contributed by atoms with E-state index >= 15 is 26.3 Å². The summed E-state index contributed by atoms with van der Waals surface area (Å²) in [6.45, 7) is 17.3. The van der Waals surface area contributed by atoms with Crippen molar-refractivity contribution in [2.24, 2.45) is 0 Å². The highest BCUT2D eigenvalue weighted by Crippen LogP contribution is 2.56. The number of aromatic nitrogens is 3. The topological polar surface area (TPSA) is 14.8 Å². The van der Waals surface area contributed by atoms with Gasteiger partial charge >= 0.3 is 12.4 Å². The van der Waals surface area contributed by atoms with E-state index in [1.807, 2.05) is 16.7 Å². The van der Waals surface area contributed by atoms with Crippen molar-refractivity contribution in [2.75, 3.05) is 0 Å². The Bertz CT molecular complexity index is 4410.